The summed E-state index contributed by atoms with van der Waals surface area (Å²) in [7, 11) is 0. The highest BCUT2D eigenvalue weighted by Crippen LogP contribution is 2.13. The molecule has 0 bridgehead atoms. The van der Waals surface area contributed by atoms with E-state index in [1.54, 1.807) is 22.4 Å². The second-order valence-corrected chi connectivity index (χ2v) is 7.35. The maximum absolute atomic E-state index is 12.2. The van der Waals surface area contributed by atoms with Crippen LogP contribution in [0.4, 0.5) is 0 Å². The number of hydrogen-bond donors (Lipinski definition) is 2. The fraction of sp³-hybridized carbons (Fsp3) is 0.500. The molecule has 0 radical (unpaired) electrons. The first-order valence-corrected chi connectivity index (χ1v) is 9.26. The first kappa shape index (κ1) is 19.3. The Bertz CT molecular complexity index is 646. The minimum absolute atomic E-state index is 0.117. The second kappa shape index (κ2) is 8.91. The number of carbonyl (C=O) groups is 3. The molecule has 1 aromatic heterocycles. The highest BCUT2D eigenvalue weighted by atomic mass is 32.1. The zero-order valence-electron chi connectivity index (χ0n) is 14.1. The first-order valence-electron chi connectivity index (χ1n) is 7.97. The summed E-state index contributed by atoms with van der Waals surface area (Å²) in [5, 5.41) is 7.26. The van der Waals surface area contributed by atoms with E-state index in [4.69, 9.17) is 17.0 Å². The standard InChI is InChI=1S/C16H21N3O4S2/c1-10(2)9-23-13(20)8-11-14(21)17-5-6-19(11)16(24)18-15(22)12-4-3-7-25-12/h3-4,7,10-11H,5-6,8-9H2,1-2H3,(H,17,21)(H,18,22,24). The maximum atomic E-state index is 12.2. The Balaban J connectivity index is 2.00. The van der Waals surface area contributed by atoms with Crippen LogP contribution in [0.15, 0.2) is 17.5 Å². The number of ether oxygens (including phenoxy) is 1. The van der Waals surface area contributed by atoms with E-state index in [0.29, 0.717) is 24.6 Å². The molecule has 25 heavy (non-hydrogen) atoms. The summed E-state index contributed by atoms with van der Waals surface area (Å²) in [6, 6.07) is 2.67. The molecule has 1 atom stereocenters. The molecule has 2 rings (SSSR count). The minimum atomic E-state index is -0.787. The van der Waals surface area contributed by atoms with Gasteiger partial charge in [-0.25, -0.2) is 0 Å². The summed E-state index contributed by atoms with van der Waals surface area (Å²) >= 11 is 6.58. The lowest BCUT2D eigenvalue weighted by Gasteiger charge is -2.36. The van der Waals surface area contributed by atoms with Gasteiger partial charge in [-0.05, 0) is 29.6 Å². The van der Waals surface area contributed by atoms with Crippen LogP contribution < -0.4 is 10.6 Å². The molecule has 0 aromatic carbocycles. The number of carbonyl (C=O) groups excluding carboxylic acids is 3. The molecule has 1 fully saturated rings. The van der Waals surface area contributed by atoms with E-state index < -0.39 is 12.0 Å². The van der Waals surface area contributed by atoms with Gasteiger partial charge in [-0.3, -0.25) is 19.7 Å². The Morgan fingerprint density at radius 1 is 1.52 bits per heavy atom. The van der Waals surface area contributed by atoms with Gasteiger partial charge in [0.2, 0.25) is 5.91 Å². The van der Waals surface area contributed by atoms with Crippen LogP contribution in [0.1, 0.15) is 29.9 Å². The van der Waals surface area contributed by atoms with E-state index in [9.17, 15) is 14.4 Å². The molecule has 1 unspecified atom stereocenters. The average molecular weight is 383 g/mol. The zero-order chi connectivity index (χ0) is 18.4. The number of piperazine rings is 1. The van der Waals surface area contributed by atoms with Crippen LogP contribution in [0.5, 0.6) is 0 Å². The van der Waals surface area contributed by atoms with E-state index in [0.717, 1.165) is 0 Å². The number of nitrogens with zero attached hydrogens (tertiary/aromatic N) is 1. The third-order valence-electron chi connectivity index (χ3n) is 3.49. The van der Waals surface area contributed by atoms with Gasteiger partial charge in [0, 0.05) is 13.1 Å². The monoisotopic (exact) mass is 383 g/mol. The Kier molecular flexibility index (Phi) is 6.89. The van der Waals surface area contributed by atoms with Gasteiger partial charge in [0.05, 0.1) is 17.9 Å². The number of thiocarbonyl (C=S) groups is 1. The summed E-state index contributed by atoms with van der Waals surface area (Å²) in [6.45, 7) is 4.97. The van der Waals surface area contributed by atoms with Crippen LogP contribution in [0, 0.1) is 5.92 Å². The van der Waals surface area contributed by atoms with Crippen LogP contribution in [0.25, 0.3) is 0 Å². The smallest absolute Gasteiger partial charge is 0.308 e. The molecular formula is C16H21N3O4S2. The number of esters is 1. The van der Waals surface area contributed by atoms with Crippen molar-refractivity contribution in [2.45, 2.75) is 26.3 Å². The molecule has 0 spiro atoms. The maximum Gasteiger partial charge on any atom is 0.308 e. The Morgan fingerprint density at radius 2 is 2.28 bits per heavy atom. The summed E-state index contributed by atoms with van der Waals surface area (Å²) < 4.78 is 5.15. The highest BCUT2D eigenvalue weighted by Gasteiger charge is 2.34. The van der Waals surface area contributed by atoms with Crippen LogP contribution in [0.3, 0.4) is 0 Å². The van der Waals surface area contributed by atoms with Gasteiger partial charge in [-0.2, -0.15) is 0 Å². The topological polar surface area (TPSA) is 87.7 Å². The van der Waals surface area contributed by atoms with Crippen molar-refractivity contribution in [3.05, 3.63) is 22.4 Å². The lowest BCUT2D eigenvalue weighted by molar-refractivity contribution is -0.148. The van der Waals surface area contributed by atoms with Crippen molar-refractivity contribution in [1.82, 2.24) is 15.5 Å². The fourth-order valence-electron chi connectivity index (χ4n) is 2.28. The minimum Gasteiger partial charge on any atom is -0.465 e. The lowest BCUT2D eigenvalue weighted by atomic mass is 10.1. The predicted octanol–water partition coefficient (Wildman–Crippen LogP) is 1.15. The highest BCUT2D eigenvalue weighted by molar-refractivity contribution is 7.80. The SMILES string of the molecule is CC(C)COC(=O)CC1C(=O)NCCN1C(=S)NC(=O)c1cccs1. The molecule has 2 amide bonds. The van der Waals surface area contributed by atoms with Crippen LogP contribution in [-0.4, -0.2) is 53.5 Å². The summed E-state index contributed by atoms with van der Waals surface area (Å²) in [4.78, 5) is 38.4. The molecule has 2 N–H and O–H groups in total. The third-order valence-corrected chi connectivity index (χ3v) is 4.70. The number of hydrogen-bond acceptors (Lipinski definition) is 6. The van der Waals surface area contributed by atoms with E-state index >= 15 is 0 Å². The van der Waals surface area contributed by atoms with Gasteiger partial charge in [0.1, 0.15) is 6.04 Å². The predicted molar refractivity (Wildman–Crippen MR) is 98.3 cm³/mol. The van der Waals surface area contributed by atoms with Gasteiger partial charge < -0.3 is 15.0 Å². The molecule has 1 aliphatic rings. The van der Waals surface area contributed by atoms with Crippen molar-refractivity contribution >= 4 is 46.5 Å². The van der Waals surface area contributed by atoms with Crippen molar-refractivity contribution < 1.29 is 19.1 Å². The molecule has 1 saturated heterocycles. The number of nitrogens with one attached hydrogen (secondary N) is 2. The van der Waals surface area contributed by atoms with E-state index in [1.807, 2.05) is 13.8 Å². The summed E-state index contributed by atoms with van der Waals surface area (Å²) in [5.74, 6) is -0.882. The molecule has 1 aromatic rings. The Labute approximate surface area is 155 Å². The van der Waals surface area contributed by atoms with Crippen molar-refractivity contribution in [3.8, 4) is 0 Å². The quantitative estimate of drug-likeness (QED) is 0.586. The average Bonchev–Trinajstić information content (AvgIpc) is 3.09. The van der Waals surface area contributed by atoms with Gasteiger partial charge >= 0.3 is 5.97 Å². The van der Waals surface area contributed by atoms with Crippen LogP contribution in [0.2, 0.25) is 0 Å². The molecule has 0 aliphatic carbocycles. The third kappa shape index (κ3) is 5.50. The van der Waals surface area contributed by atoms with Crippen LogP contribution >= 0.6 is 23.6 Å². The van der Waals surface area contributed by atoms with Crippen molar-refractivity contribution in [2.24, 2.45) is 5.92 Å². The first-order chi connectivity index (χ1) is 11.9. The molecule has 136 valence electrons. The number of thiophene rings is 1. The number of rotatable bonds is 5. The molecule has 2 heterocycles. The molecule has 9 heteroatoms. The summed E-state index contributed by atoms with van der Waals surface area (Å²) in [5.41, 5.74) is 0. The van der Waals surface area contributed by atoms with Crippen LogP contribution in [-0.2, 0) is 14.3 Å². The van der Waals surface area contributed by atoms with Gasteiger partial charge in [-0.15, -0.1) is 11.3 Å². The largest absolute Gasteiger partial charge is 0.465 e. The van der Waals surface area contributed by atoms with Gasteiger partial charge in [0.25, 0.3) is 5.91 Å². The molecule has 7 nitrogen and oxygen atoms in total. The van der Waals surface area contributed by atoms with Crippen molar-refractivity contribution in [3.63, 3.8) is 0 Å². The molecular weight excluding hydrogens is 362 g/mol. The lowest BCUT2D eigenvalue weighted by Crippen LogP contribution is -2.60. The molecule has 1 aliphatic heterocycles. The zero-order valence-corrected chi connectivity index (χ0v) is 15.7. The summed E-state index contributed by atoms with van der Waals surface area (Å²) in [6.07, 6.45) is -0.117. The fourth-order valence-corrected chi connectivity index (χ4v) is 3.21. The molecule has 0 saturated carbocycles. The van der Waals surface area contributed by atoms with Crippen molar-refractivity contribution in [1.29, 1.82) is 0 Å². The van der Waals surface area contributed by atoms with E-state index in [1.165, 1.54) is 11.3 Å². The normalized spacial score (nSPS) is 17.2. The van der Waals surface area contributed by atoms with E-state index in [2.05, 4.69) is 10.6 Å². The second-order valence-electron chi connectivity index (χ2n) is 6.02. The van der Waals surface area contributed by atoms with Gasteiger partial charge in [0.15, 0.2) is 5.11 Å². The Hall–Kier alpha value is -2.00. The van der Waals surface area contributed by atoms with Gasteiger partial charge in [-0.1, -0.05) is 19.9 Å². The van der Waals surface area contributed by atoms with Crippen molar-refractivity contribution in [2.75, 3.05) is 19.7 Å². The number of amides is 2. The Morgan fingerprint density at radius 3 is 2.92 bits per heavy atom. The van der Waals surface area contributed by atoms with E-state index in [-0.39, 0.29) is 29.3 Å².